The number of rotatable bonds is 5. The summed E-state index contributed by atoms with van der Waals surface area (Å²) in [7, 11) is 1.53. The van der Waals surface area contributed by atoms with Gasteiger partial charge in [-0.2, -0.15) is 0 Å². The molecule has 4 heteroatoms. The van der Waals surface area contributed by atoms with Crippen molar-refractivity contribution in [2.75, 3.05) is 12.8 Å². The Morgan fingerprint density at radius 1 is 1.05 bits per heavy atom. The first-order valence-corrected chi connectivity index (χ1v) is 6.76. The largest absolute Gasteiger partial charge is 0.495 e. The van der Waals surface area contributed by atoms with Crippen molar-refractivity contribution in [1.82, 2.24) is 0 Å². The minimum atomic E-state index is -0.0793. The molecule has 0 bridgehead atoms. The maximum Gasteiger partial charge on any atom is 0.193 e. The van der Waals surface area contributed by atoms with Gasteiger partial charge in [0.2, 0.25) is 0 Å². The van der Waals surface area contributed by atoms with Crippen LogP contribution in [0.1, 0.15) is 29.8 Å². The SMILES string of the molecule is COc1cc(C(=O)c2ccc(OC(C)C)cc2)ccc1N. The first-order chi connectivity index (χ1) is 10.0. The Kier molecular flexibility index (Phi) is 4.48. The first kappa shape index (κ1) is 14.9. The van der Waals surface area contributed by atoms with Crippen molar-refractivity contribution in [3.63, 3.8) is 0 Å². The lowest BCUT2D eigenvalue weighted by Crippen LogP contribution is -2.06. The fraction of sp³-hybridized carbons (Fsp3) is 0.235. The van der Waals surface area contributed by atoms with E-state index in [4.69, 9.17) is 15.2 Å². The minimum absolute atomic E-state index is 0.0793. The van der Waals surface area contributed by atoms with Gasteiger partial charge in [0.05, 0.1) is 18.9 Å². The number of nitrogens with two attached hydrogens (primary N) is 1. The summed E-state index contributed by atoms with van der Waals surface area (Å²) in [5.41, 5.74) is 7.40. The van der Waals surface area contributed by atoms with Gasteiger partial charge in [0.1, 0.15) is 11.5 Å². The molecule has 0 aliphatic heterocycles. The minimum Gasteiger partial charge on any atom is -0.495 e. The second-order valence-electron chi connectivity index (χ2n) is 4.98. The van der Waals surface area contributed by atoms with E-state index in [0.29, 0.717) is 22.6 Å². The van der Waals surface area contributed by atoms with E-state index in [-0.39, 0.29) is 11.9 Å². The lowest BCUT2D eigenvalue weighted by molar-refractivity contribution is 0.103. The number of ether oxygens (including phenoxy) is 2. The van der Waals surface area contributed by atoms with Crippen molar-refractivity contribution in [2.45, 2.75) is 20.0 Å². The highest BCUT2D eigenvalue weighted by molar-refractivity contribution is 6.09. The molecule has 0 saturated heterocycles. The summed E-state index contributed by atoms with van der Waals surface area (Å²) in [6.07, 6.45) is 0.105. The van der Waals surface area contributed by atoms with Gasteiger partial charge in [-0.05, 0) is 56.3 Å². The average molecular weight is 285 g/mol. The zero-order valence-electron chi connectivity index (χ0n) is 12.4. The van der Waals surface area contributed by atoms with E-state index < -0.39 is 0 Å². The topological polar surface area (TPSA) is 61.5 Å². The van der Waals surface area contributed by atoms with E-state index in [1.165, 1.54) is 7.11 Å². The van der Waals surface area contributed by atoms with Crippen LogP contribution in [0.3, 0.4) is 0 Å². The van der Waals surface area contributed by atoms with Gasteiger partial charge in [0, 0.05) is 11.1 Å². The summed E-state index contributed by atoms with van der Waals surface area (Å²) in [5.74, 6) is 1.17. The van der Waals surface area contributed by atoms with Crippen molar-refractivity contribution in [3.8, 4) is 11.5 Å². The molecule has 0 unspecified atom stereocenters. The van der Waals surface area contributed by atoms with Crippen LogP contribution in [0.25, 0.3) is 0 Å². The molecule has 2 aromatic rings. The van der Waals surface area contributed by atoms with Crippen molar-refractivity contribution in [1.29, 1.82) is 0 Å². The Morgan fingerprint density at radius 2 is 1.67 bits per heavy atom. The summed E-state index contributed by atoms with van der Waals surface area (Å²) in [4.78, 5) is 12.4. The molecule has 4 nitrogen and oxygen atoms in total. The van der Waals surface area contributed by atoms with Gasteiger partial charge in [0.25, 0.3) is 0 Å². The molecule has 0 fully saturated rings. The van der Waals surface area contributed by atoms with Crippen LogP contribution >= 0.6 is 0 Å². The van der Waals surface area contributed by atoms with Crippen LogP contribution in [0.4, 0.5) is 5.69 Å². The molecule has 21 heavy (non-hydrogen) atoms. The van der Waals surface area contributed by atoms with E-state index in [9.17, 15) is 4.79 Å². The van der Waals surface area contributed by atoms with Gasteiger partial charge in [-0.1, -0.05) is 0 Å². The van der Waals surface area contributed by atoms with E-state index in [2.05, 4.69) is 0 Å². The number of benzene rings is 2. The van der Waals surface area contributed by atoms with Crippen LogP contribution in [-0.4, -0.2) is 19.0 Å². The number of hydrogen-bond donors (Lipinski definition) is 1. The van der Waals surface area contributed by atoms with E-state index in [1.807, 2.05) is 13.8 Å². The van der Waals surface area contributed by atoms with Crippen LogP contribution < -0.4 is 15.2 Å². The Labute approximate surface area is 124 Å². The van der Waals surface area contributed by atoms with Gasteiger partial charge >= 0.3 is 0 Å². The molecule has 0 aromatic heterocycles. The molecular weight excluding hydrogens is 266 g/mol. The monoisotopic (exact) mass is 285 g/mol. The van der Waals surface area contributed by atoms with Gasteiger partial charge in [-0.25, -0.2) is 0 Å². The van der Waals surface area contributed by atoms with Gasteiger partial charge in [-0.3, -0.25) is 4.79 Å². The first-order valence-electron chi connectivity index (χ1n) is 6.76. The number of anilines is 1. The second kappa shape index (κ2) is 6.31. The lowest BCUT2D eigenvalue weighted by atomic mass is 10.0. The second-order valence-corrected chi connectivity index (χ2v) is 4.98. The molecule has 0 atom stereocenters. The number of carbonyl (C=O) groups is 1. The summed E-state index contributed by atoms with van der Waals surface area (Å²) in [6.45, 7) is 3.92. The number of carbonyl (C=O) groups excluding carboxylic acids is 1. The highest BCUT2D eigenvalue weighted by atomic mass is 16.5. The third-order valence-corrected chi connectivity index (χ3v) is 2.98. The quantitative estimate of drug-likeness (QED) is 0.676. The van der Waals surface area contributed by atoms with Crippen molar-refractivity contribution >= 4 is 11.5 Å². The van der Waals surface area contributed by atoms with Crippen LogP contribution in [0.5, 0.6) is 11.5 Å². The molecule has 2 rings (SSSR count). The van der Waals surface area contributed by atoms with Crippen molar-refractivity contribution < 1.29 is 14.3 Å². The maximum atomic E-state index is 12.4. The highest BCUT2D eigenvalue weighted by Crippen LogP contribution is 2.24. The number of hydrogen-bond acceptors (Lipinski definition) is 4. The van der Waals surface area contributed by atoms with Crippen LogP contribution in [-0.2, 0) is 0 Å². The normalized spacial score (nSPS) is 10.5. The summed E-state index contributed by atoms with van der Waals surface area (Å²) in [6, 6.07) is 12.1. The molecule has 0 aliphatic rings. The molecule has 0 heterocycles. The average Bonchev–Trinajstić information content (AvgIpc) is 2.47. The third kappa shape index (κ3) is 3.54. The van der Waals surface area contributed by atoms with E-state index in [1.54, 1.807) is 42.5 Å². The van der Waals surface area contributed by atoms with Crippen LogP contribution in [0, 0.1) is 0 Å². The maximum absolute atomic E-state index is 12.4. The standard InChI is InChI=1S/C17H19NO3/c1-11(2)21-14-7-4-12(5-8-14)17(19)13-6-9-15(18)16(10-13)20-3/h4-11H,18H2,1-3H3. The predicted octanol–water partition coefficient (Wildman–Crippen LogP) is 3.30. The number of ketones is 1. The summed E-state index contributed by atoms with van der Waals surface area (Å²) < 4.78 is 10.7. The van der Waals surface area contributed by atoms with E-state index >= 15 is 0 Å². The molecular formula is C17H19NO3. The van der Waals surface area contributed by atoms with Gasteiger partial charge in [-0.15, -0.1) is 0 Å². The highest BCUT2D eigenvalue weighted by Gasteiger charge is 2.11. The molecule has 2 N–H and O–H groups in total. The Hall–Kier alpha value is -2.49. The summed E-state index contributed by atoms with van der Waals surface area (Å²) >= 11 is 0. The van der Waals surface area contributed by atoms with Gasteiger partial charge < -0.3 is 15.2 Å². The Balaban J connectivity index is 2.23. The smallest absolute Gasteiger partial charge is 0.193 e. The molecule has 0 amide bonds. The van der Waals surface area contributed by atoms with Gasteiger partial charge in [0.15, 0.2) is 5.78 Å². The van der Waals surface area contributed by atoms with E-state index in [0.717, 1.165) is 5.75 Å². The molecule has 0 saturated carbocycles. The zero-order valence-corrected chi connectivity index (χ0v) is 12.4. The molecule has 110 valence electrons. The molecule has 0 aliphatic carbocycles. The zero-order chi connectivity index (χ0) is 15.4. The number of nitrogen functional groups attached to an aromatic ring is 1. The van der Waals surface area contributed by atoms with Crippen LogP contribution in [0.2, 0.25) is 0 Å². The molecule has 0 radical (unpaired) electrons. The fourth-order valence-corrected chi connectivity index (χ4v) is 1.98. The third-order valence-electron chi connectivity index (χ3n) is 2.98. The van der Waals surface area contributed by atoms with Crippen molar-refractivity contribution in [3.05, 3.63) is 53.6 Å². The lowest BCUT2D eigenvalue weighted by Gasteiger charge is -2.10. The predicted molar refractivity (Wildman–Crippen MR) is 83.0 cm³/mol. The Bertz CT molecular complexity index is 633. The summed E-state index contributed by atoms with van der Waals surface area (Å²) in [5, 5.41) is 0. The van der Waals surface area contributed by atoms with Crippen molar-refractivity contribution in [2.24, 2.45) is 0 Å². The Morgan fingerprint density at radius 3 is 2.24 bits per heavy atom. The molecule has 0 spiro atoms. The number of methoxy groups -OCH3 is 1. The fourth-order valence-electron chi connectivity index (χ4n) is 1.98. The van der Waals surface area contributed by atoms with Crippen LogP contribution in [0.15, 0.2) is 42.5 Å². The molecule has 2 aromatic carbocycles.